The number of pyridine rings is 2. The van der Waals surface area contributed by atoms with Gasteiger partial charge >= 0.3 is 0 Å². The van der Waals surface area contributed by atoms with Crippen molar-refractivity contribution in [3.05, 3.63) is 35.8 Å². The van der Waals surface area contributed by atoms with E-state index in [0.717, 1.165) is 47.8 Å². The Kier molecular flexibility index (Phi) is 6.41. The highest BCUT2D eigenvalue weighted by molar-refractivity contribution is 5.78. The van der Waals surface area contributed by atoms with Gasteiger partial charge in [0.05, 0.1) is 24.4 Å². The molecule has 2 N–H and O–H groups in total. The van der Waals surface area contributed by atoms with E-state index in [9.17, 15) is 4.79 Å². The molecule has 2 aromatic rings. The summed E-state index contributed by atoms with van der Waals surface area (Å²) in [7, 11) is 1.62. The molecule has 0 spiro atoms. The molecule has 0 bridgehead atoms. The number of carbonyl (C=O) groups excluding carboxylic acids is 1. The summed E-state index contributed by atoms with van der Waals surface area (Å²) >= 11 is 0. The van der Waals surface area contributed by atoms with Gasteiger partial charge in [0.25, 0.3) is 0 Å². The first kappa shape index (κ1) is 21.6. The van der Waals surface area contributed by atoms with E-state index in [1.54, 1.807) is 7.11 Å². The molecule has 1 atom stereocenters. The van der Waals surface area contributed by atoms with Crippen LogP contribution in [0.25, 0.3) is 11.1 Å². The molecule has 4 rings (SSSR count). The van der Waals surface area contributed by atoms with Crippen molar-refractivity contribution in [3.8, 4) is 11.1 Å². The van der Waals surface area contributed by atoms with E-state index >= 15 is 0 Å². The number of hydrogen-bond donors (Lipinski definition) is 1. The van der Waals surface area contributed by atoms with Crippen LogP contribution in [0, 0.1) is 0 Å². The van der Waals surface area contributed by atoms with E-state index in [1.165, 1.54) is 12.8 Å². The highest BCUT2D eigenvalue weighted by Gasteiger charge is 2.32. The number of piperazine rings is 1. The summed E-state index contributed by atoms with van der Waals surface area (Å²) in [6, 6.07) is 6.39. The van der Waals surface area contributed by atoms with E-state index in [0.29, 0.717) is 31.2 Å². The van der Waals surface area contributed by atoms with Crippen molar-refractivity contribution in [2.75, 3.05) is 44.0 Å². The number of aromatic nitrogens is 2. The molecule has 2 fully saturated rings. The third-order valence-corrected chi connectivity index (χ3v) is 6.28. The number of nitrogen functional groups attached to an aromatic ring is 1. The fourth-order valence-electron chi connectivity index (χ4n) is 4.38. The molecule has 2 aromatic heterocycles. The van der Waals surface area contributed by atoms with Crippen molar-refractivity contribution in [1.29, 1.82) is 0 Å². The van der Waals surface area contributed by atoms with Crippen LogP contribution in [0.5, 0.6) is 0 Å². The smallest absolute Gasteiger partial charge is 0.225 e. The maximum Gasteiger partial charge on any atom is 0.225 e. The maximum atomic E-state index is 12.5. The third-order valence-electron chi connectivity index (χ3n) is 6.28. The molecule has 1 amide bonds. The molecule has 1 aliphatic carbocycles. The van der Waals surface area contributed by atoms with E-state index < -0.39 is 0 Å². The lowest BCUT2D eigenvalue weighted by molar-refractivity contribution is -0.134. The zero-order valence-electron chi connectivity index (χ0n) is 18.8. The summed E-state index contributed by atoms with van der Waals surface area (Å²) in [4.78, 5) is 26.2. The second kappa shape index (κ2) is 9.22. The number of ether oxygens (including phenoxy) is 1. The molecule has 1 saturated heterocycles. The second-order valence-electron chi connectivity index (χ2n) is 8.62. The molecule has 0 unspecified atom stereocenters. The first-order chi connectivity index (χ1) is 15.0. The molecule has 1 saturated carbocycles. The van der Waals surface area contributed by atoms with Crippen LogP contribution in [-0.2, 0) is 16.0 Å². The number of carbonyl (C=O) groups is 1. The molecule has 7 nitrogen and oxygen atoms in total. The van der Waals surface area contributed by atoms with Gasteiger partial charge in [0.2, 0.25) is 5.91 Å². The number of hydrogen-bond acceptors (Lipinski definition) is 6. The Bertz CT molecular complexity index is 944. The summed E-state index contributed by atoms with van der Waals surface area (Å²) in [5, 5.41) is 0. The van der Waals surface area contributed by atoms with Gasteiger partial charge in [-0.25, -0.2) is 4.98 Å². The number of nitrogens with zero attached hydrogens (tertiary/aromatic N) is 4. The van der Waals surface area contributed by atoms with Crippen molar-refractivity contribution in [2.24, 2.45) is 0 Å². The van der Waals surface area contributed by atoms with Gasteiger partial charge in [-0.3, -0.25) is 9.78 Å². The molecular weight excluding hydrogens is 390 g/mol. The van der Waals surface area contributed by atoms with Crippen LogP contribution in [-0.4, -0.2) is 60.2 Å². The summed E-state index contributed by atoms with van der Waals surface area (Å²) < 4.78 is 5.06. The molecule has 0 radical (unpaired) electrons. The van der Waals surface area contributed by atoms with Gasteiger partial charge in [0.15, 0.2) is 5.82 Å². The Hall–Kier alpha value is -2.67. The number of nitrogens with two attached hydrogens (primary N) is 1. The van der Waals surface area contributed by atoms with Gasteiger partial charge in [0, 0.05) is 56.2 Å². The van der Waals surface area contributed by atoms with Crippen LogP contribution < -0.4 is 10.6 Å². The molecule has 2 aliphatic rings. The highest BCUT2D eigenvalue weighted by Crippen LogP contribution is 2.45. The first-order valence-electron chi connectivity index (χ1n) is 11.3. The van der Waals surface area contributed by atoms with Crippen LogP contribution in [0.2, 0.25) is 0 Å². The van der Waals surface area contributed by atoms with Crippen molar-refractivity contribution in [1.82, 2.24) is 14.9 Å². The number of amides is 1. The quantitative estimate of drug-likeness (QED) is 0.736. The predicted octanol–water partition coefficient (Wildman–Crippen LogP) is 3.24. The van der Waals surface area contributed by atoms with Gasteiger partial charge in [-0.1, -0.05) is 6.92 Å². The molecule has 31 heavy (non-hydrogen) atoms. The number of methoxy groups -OCH3 is 1. The van der Waals surface area contributed by atoms with Crippen molar-refractivity contribution < 1.29 is 9.53 Å². The van der Waals surface area contributed by atoms with E-state index in [4.69, 9.17) is 15.5 Å². The summed E-state index contributed by atoms with van der Waals surface area (Å²) in [5.41, 5.74) is 11.7. The van der Waals surface area contributed by atoms with Crippen LogP contribution in [0.15, 0.2) is 24.4 Å². The molecule has 1 aliphatic heterocycles. The molecule has 3 heterocycles. The standard InChI is InChI=1S/C24H33N5O2/c1-4-19-13-18(7-9-26-19)20-14-21(25)24(27-23(20)17-5-6-17)28-10-11-29(16(2)15-28)22(30)8-12-31-3/h7,9,13-14,16-17H,4-6,8,10-12,15,25H2,1-3H3/t16-/m1/s1. The third kappa shape index (κ3) is 4.66. The second-order valence-corrected chi connectivity index (χ2v) is 8.62. The average Bonchev–Trinajstić information content (AvgIpc) is 3.62. The molecule has 0 aromatic carbocycles. The normalized spacial score (nSPS) is 19.0. The van der Waals surface area contributed by atoms with E-state index in [2.05, 4.69) is 35.9 Å². The van der Waals surface area contributed by atoms with Crippen LogP contribution in [0.3, 0.4) is 0 Å². The minimum Gasteiger partial charge on any atom is -0.396 e. The predicted molar refractivity (Wildman–Crippen MR) is 123 cm³/mol. The Morgan fingerprint density at radius 3 is 2.77 bits per heavy atom. The zero-order chi connectivity index (χ0) is 22.0. The SMILES string of the molecule is CCc1cc(-c2cc(N)c(N3CCN(C(=O)CCOC)[C@H](C)C3)nc2C2CC2)ccn1. The van der Waals surface area contributed by atoms with Gasteiger partial charge in [-0.05, 0) is 49.9 Å². The Labute approximate surface area is 184 Å². The highest BCUT2D eigenvalue weighted by atomic mass is 16.5. The topological polar surface area (TPSA) is 84.6 Å². The van der Waals surface area contributed by atoms with Crippen molar-refractivity contribution in [2.45, 2.75) is 51.5 Å². The monoisotopic (exact) mass is 423 g/mol. The first-order valence-corrected chi connectivity index (χ1v) is 11.3. The van der Waals surface area contributed by atoms with Crippen LogP contribution in [0.1, 0.15) is 50.4 Å². The summed E-state index contributed by atoms with van der Waals surface area (Å²) in [6.45, 7) is 6.81. The van der Waals surface area contributed by atoms with Crippen LogP contribution >= 0.6 is 0 Å². The van der Waals surface area contributed by atoms with E-state index in [-0.39, 0.29) is 11.9 Å². The fourth-order valence-corrected chi connectivity index (χ4v) is 4.38. The zero-order valence-corrected chi connectivity index (χ0v) is 18.8. The number of aryl methyl sites for hydroxylation is 1. The maximum absolute atomic E-state index is 12.5. The van der Waals surface area contributed by atoms with E-state index in [1.807, 2.05) is 17.2 Å². The minimum absolute atomic E-state index is 0.107. The van der Waals surface area contributed by atoms with Crippen molar-refractivity contribution in [3.63, 3.8) is 0 Å². The van der Waals surface area contributed by atoms with Crippen LogP contribution in [0.4, 0.5) is 11.5 Å². The largest absolute Gasteiger partial charge is 0.396 e. The van der Waals surface area contributed by atoms with Gasteiger partial charge < -0.3 is 20.3 Å². The van der Waals surface area contributed by atoms with Gasteiger partial charge in [0.1, 0.15) is 0 Å². The molecular formula is C24H33N5O2. The van der Waals surface area contributed by atoms with Gasteiger partial charge in [-0.2, -0.15) is 0 Å². The Morgan fingerprint density at radius 2 is 2.10 bits per heavy atom. The summed E-state index contributed by atoms with van der Waals surface area (Å²) in [5.74, 6) is 1.50. The molecule has 7 heteroatoms. The number of anilines is 2. The van der Waals surface area contributed by atoms with Gasteiger partial charge in [-0.15, -0.1) is 0 Å². The summed E-state index contributed by atoms with van der Waals surface area (Å²) in [6.07, 6.45) is 5.54. The molecule has 166 valence electrons. The fraction of sp³-hybridized carbons (Fsp3) is 0.542. The Balaban J connectivity index is 1.59. The minimum atomic E-state index is 0.107. The lowest BCUT2D eigenvalue weighted by Crippen LogP contribution is -2.54. The average molecular weight is 424 g/mol. The Morgan fingerprint density at radius 1 is 1.29 bits per heavy atom. The lowest BCUT2D eigenvalue weighted by Gasteiger charge is -2.41. The number of rotatable bonds is 7. The lowest BCUT2D eigenvalue weighted by atomic mass is 10.00. The van der Waals surface area contributed by atoms with Crippen molar-refractivity contribution >= 4 is 17.4 Å².